The molecule has 35 heavy (non-hydrogen) atoms. The van der Waals surface area contributed by atoms with Crippen molar-refractivity contribution in [3.8, 4) is 0 Å². The van der Waals surface area contributed by atoms with E-state index in [-0.39, 0.29) is 16.7 Å². The van der Waals surface area contributed by atoms with Crippen molar-refractivity contribution in [3.63, 3.8) is 0 Å². The van der Waals surface area contributed by atoms with Crippen LogP contribution < -0.4 is 4.90 Å². The number of hydrogen-bond acceptors (Lipinski definition) is 7. The molecule has 1 fully saturated rings. The summed E-state index contributed by atoms with van der Waals surface area (Å²) in [6.07, 6.45) is 3.69. The molecule has 0 N–H and O–H groups in total. The first-order chi connectivity index (χ1) is 16.9. The van der Waals surface area contributed by atoms with Gasteiger partial charge in [-0.1, -0.05) is 36.0 Å². The van der Waals surface area contributed by atoms with Crippen LogP contribution in [0, 0.1) is 13.8 Å². The molecule has 10 heteroatoms. The summed E-state index contributed by atoms with van der Waals surface area (Å²) in [6, 6.07) is 12.2. The third-order valence-corrected chi connectivity index (χ3v) is 10.7. The van der Waals surface area contributed by atoms with Crippen LogP contribution in [0.5, 0.6) is 0 Å². The summed E-state index contributed by atoms with van der Waals surface area (Å²) in [5.74, 6) is -0.260. The van der Waals surface area contributed by atoms with Gasteiger partial charge >= 0.3 is 0 Å². The SMILES string of the molecule is Cc1ccc2sc(N(Cc3ccccn3)C(=O)C3CCCCN3S(=O)(=O)c3cccs3)nc2c1C. The number of anilines is 1. The number of fused-ring (bicyclic) bond motifs is 1. The van der Waals surface area contributed by atoms with Crippen molar-refractivity contribution >= 4 is 54.0 Å². The monoisotopic (exact) mass is 526 g/mol. The van der Waals surface area contributed by atoms with Crippen LogP contribution in [0.3, 0.4) is 0 Å². The number of sulfonamides is 1. The number of thiophene rings is 1. The third-order valence-electron chi connectivity index (χ3n) is 6.41. The van der Waals surface area contributed by atoms with E-state index in [1.165, 1.54) is 27.0 Å². The Morgan fingerprint density at radius 1 is 1.14 bits per heavy atom. The molecule has 0 spiro atoms. The number of pyridine rings is 1. The van der Waals surface area contributed by atoms with Crippen molar-refractivity contribution in [2.45, 2.75) is 49.9 Å². The van der Waals surface area contributed by atoms with Gasteiger partial charge in [-0.05, 0) is 67.5 Å². The number of thiazole rings is 1. The molecule has 1 aromatic carbocycles. The van der Waals surface area contributed by atoms with Crippen molar-refractivity contribution in [2.24, 2.45) is 0 Å². The number of carbonyl (C=O) groups excluding carboxylic acids is 1. The van der Waals surface area contributed by atoms with E-state index in [1.54, 1.807) is 28.6 Å². The van der Waals surface area contributed by atoms with E-state index < -0.39 is 16.1 Å². The zero-order valence-corrected chi connectivity index (χ0v) is 22.0. The maximum atomic E-state index is 14.1. The van der Waals surface area contributed by atoms with Gasteiger partial charge in [0.05, 0.1) is 22.5 Å². The van der Waals surface area contributed by atoms with E-state index in [4.69, 9.17) is 4.98 Å². The standard InChI is InChI=1S/C25H26N4O3S3/c1-17-11-12-21-23(18(17)2)27-25(34-21)28(16-19-8-3-5-13-26-19)24(30)20-9-4-6-14-29(20)35(31,32)22-10-7-15-33-22/h3,5,7-8,10-13,15,20H,4,6,9,14,16H2,1-2H3. The number of benzene rings is 1. The topological polar surface area (TPSA) is 83.5 Å². The van der Waals surface area contributed by atoms with Crippen molar-refractivity contribution in [2.75, 3.05) is 11.4 Å². The third kappa shape index (κ3) is 4.63. The summed E-state index contributed by atoms with van der Waals surface area (Å²) in [4.78, 5) is 25.0. The van der Waals surface area contributed by atoms with Gasteiger partial charge in [0.15, 0.2) is 5.13 Å². The maximum Gasteiger partial charge on any atom is 0.253 e. The molecule has 1 atom stereocenters. The lowest BCUT2D eigenvalue weighted by molar-refractivity contribution is -0.123. The summed E-state index contributed by atoms with van der Waals surface area (Å²) in [6.45, 7) is 4.62. The zero-order valence-electron chi connectivity index (χ0n) is 19.5. The Morgan fingerprint density at radius 3 is 2.74 bits per heavy atom. The van der Waals surface area contributed by atoms with Crippen molar-refractivity contribution < 1.29 is 13.2 Å². The number of hydrogen-bond donors (Lipinski definition) is 0. The van der Waals surface area contributed by atoms with Crippen LogP contribution in [0.25, 0.3) is 10.2 Å². The number of piperidine rings is 1. The molecule has 0 radical (unpaired) electrons. The Bertz CT molecular complexity index is 1450. The van der Waals surface area contributed by atoms with Crippen molar-refractivity contribution in [1.29, 1.82) is 0 Å². The molecule has 4 aromatic rings. The maximum absolute atomic E-state index is 14.1. The molecule has 1 aliphatic heterocycles. The molecule has 182 valence electrons. The highest BCUT2D eigenvalue weighted by molar-refractivity contribution is 7.91. The molecular weight excluding hydrogens is 501 g/mol. The molecule has 1 amide bonds. The van der Waals surface area contributed by atoms with Gasteiger partial charge in [-0.3, -0.25) is 14.7 Å². The smallest absolute Gasteiger partial charge is 0.253 e. The Kier molecular flexibility index (Phi) is 6.71. The number of carbonyl (C=O) groups is 1. The summed E-state index contributed by atoms with van der Waals surface area (Å²) >= 11 is 2.62. The van der Waals surface area contributed by atoms with E-state index in [2.05, 4.69) is 11.1 Å². The van der Waals surface area contributed by atoms with Gasteiger partial charge in [0.2, 0.25) is 5.91 Å². The minimum absolute atomic E-state index is 0.223. The van der Waals surface area contributed by atoms with Crippen LogP contribution in [0.4, 0.5) is 5.13 Å². The molecule has 5 rings (SSSR count). The first-order valence-corrected chi connectivity index (χ1v) is 14.6. The molecule has 7 nitrogen and oxygen atoms in total. The molecular formula is C25H26N4O3S3. The van der Waals surface area contributed by atoms with Crippen LogP contribution in [-0.2, 0) is 21.4 Å². The molecule has 4 heterocycles. The molecule has 0 saturated carbocycles. The molecule has 0 bridgehead atoms. The fourth-order valence-electron chi connectivity index (χ4n) is 4.37. The number of amides is 1. The van der Waals surface area contributed by atoms with Gasteiger partial charge in [-0.2, -0.15) is 4.31 Å². The highest BCUT2D eigenvalue weighted by Crippen LogP contribution is 2.35. The summed E-state index contributed by atoms with van der Waals surface area (Å²) < 4.78 is 29.5. The molecule has 3 aromatic heterocycles. The Balaban J connectivity index is 1.56. The normalized spacial score (nSPS) is 17.0. The van der Waals surface area contributed by atoms with Gasteiger partial charge in [-0.15, -0.1) is 11.3 Å². The molecule has 1 saturated heterocycles. The van der Waals surface area contributed by atoms with E-state index in [0.29, 0.717) is 18.1 Å². The molecule has 0 aliphatic carbocycles. The Morgan fingerprint density at radius 2 is 2.00 bits per heavy atom. The second-order valence-corrected chi connectivity index (χ2v) is 12.7. The van der Waals surface area contributed by atoms with Crippen LogP contribution in [0.1, 0.15) is 36.1 Å². The van der Waals surface area contributed by atoms with Crippen molar-refractivity contribution in [1.82, 2.24) is 14.3 Å². The van der Waals surface area contributed by atoms with Gasteiger partial charge in [0.25, 0.3) is 10.0 Å². The molecule has 1 aliphatic rings. The number of aromatic nitrogens is 2. The lowest BCUT2D eigenvalue weighted by Crippen LogP contribution is -2.52. The second-order valence-electron chi connectivity index (χ2n) is 8.66. The highest BCUT2D eigenvalue weighted by atomic mass is 32.2. The fourth-order valence-corrected chi connectivity index (χ4v) is 8.17. The van der Waals surface area contributed by atoms with E-state index >= 15 is 0 Å². The van der Waals surface area contributed by atoms with Gasteiger partial charge < -0.3 is 0 Å². The van der Waals surface area contributed by atoms with E-state index in [0.717, 1.165) is 39.9 Å². The Hall–Kier alpha value is -2.66. The lowest BCUT2D eigenvalue weighted by Gasteiger charge is -2.35. The first-order valence-electron chi connectivity index (χ1n) is 11.5. The van der Waals surface area contributed by atoms with Crippen LogP contribution >= 0.6 is 22.7 Å². The highest BCUT2D eigenvalue weighted by Gasteiger charge is 2.41. The zero-order chi connectivity index (χ0) is 24.6. The predicted molar refractivity (Wildman–Crippen MR) is 140 cm³/mol. The quantitative estimate of drug-likeness (QED) is 0.347. The summed E-state index contributed by atoms with van der Waals surface area (Å²) in [7, 11) is -3.77. The van der Waals surface area contributed by atoms with Gasteiger partial charge in [0, 0.05) is 12.7 Å². The second kappa shape index (κ2) is 9.77. The van der Waals surface area contributed by atoms with Gasteiger partial charge in [0.1, 0.15) is 10.3 Å². The lowest BCUT2D eigenvalue weighted by atomic mass is 10.0. The molecule has 1 unspecified atom stereocenters. The number of nitrogens with zero attached hydrogens (tertiary/aromatic N) is 4. The minimum atomic E-state index is -3.77. The Labute approximate surface area is 213 Å². The van der Waals surface area contributed by atoms with E-state index in [9.17, 15) is 13.2 Å². The van der Waals surface area contributed by atoms with E-state index in [1.807, 2.05) is 38.1 Å². The number of aryl methyl sites for hydroxylation is 2. The minimum Gasteiger partial charge on any atom is -0.281 e. The largest absolute Gasteiger partial charge is 0.281 e. The van der Waals surface area contributed by atoms with Crippen LogP contribution in [0.2, 0.25) is 0 Å². The first kappa shape index (κ1) is 24.1. The van der Waals surface area contributed by atoms with Crippen LogP contribution in [0.15, 0.2) is 58.3 Å². The van der Waals surface area contributed by atoms with Crippen molar-refractivity contribution in [3.05, 3.63) is 70.9 Å². The summed E-state index contributed by atoms with van der Waals surface area (Å²) in [5, 5.41) is 2.30. The summed E-state index contributed by atoms with van der Waals surface area (Å²) in [5.41, 5.74) is 3.80. The average molecular weight is 527 g/mol. The fraction of sp³-hybridized carbons (Fsp3) is 0.320. The predicted octanol–water partition coefficient (Wildman–Crippen LogP) is 5.15. The average Bonchev–Trinajstić information content (AvgIpc) is 3.56. The number of rotatable bonds is 6. The van der Waals surface area contributed by atoms with Crippen LogP contribution in [-0.4, -0.2) is 41.2 Å². The van der Waals surface area contributed by atoms with Gasteiger partial charge in [-0.25, -0.2) is 13.4 Å².